The molecule has 1 aromatic carbocycles. The van der Waals surface area contributed by atoms with Crippen LogP contribution in [0.4, 0.5) is 0 Å². The number of rotatable bonds is 4. The van der Waals surface area contributed by atoms with Crippen LogP contribution in [0.1, 0.15) is 24.5 Å². The van der Waals surface area contributed by atoms with Crippen LogP contribution in [0.25, 0.3) is 5.69 Å². The Morgan fingerprint density at radius 3 is 2.71 bits per heavy atom. The van der Waals surface area contributed by atoms with Crippen molar-refractivity contribution in [1.82, 2.24) is 14.9 Å². The third-order valence-corrected chi connectivity index (χ3v) is 4.07. The molecule has 21 heavy (non-hydrogen) atoms. The molecule has 0 bridgehead atoms. The van der Waals surface area contributed by atoms with Crippen LogP contribution in [0.15, 0.2) is 30.7 Å². The van der Waals surface area contributed by atoms with Gasteiger partial charge in [-0.1, -0.05) is 0 Å². The fourth-order valence-corrected chi connectivity index (χ4v) is 2.91. The van der Waals surface area contributed by atoms with Gasteiger partial charge in [0, 0.05) is 23.9 Å². The molecule has 3 rings (SSSR count). The molecule has 0 amide bonds. The Hall–Kier alpha value is -2.01. The van der Waals surface area contributed by atoms with Gasteiger partial charge < -0.3 is 14.8 Å². The molecule has 1 saturated heterocycles. The van der Waals surface area contributed by atoms with Crippen molar-refractivity contribution in [2.24, 2.45) is 0 Å². The highest BCUT2D eigenvalue weighted by molar-refractivity contribution is 5.52. The molecule has 5 nitrogen and oxygen atoms in total. The molecular formula is C16H21N3O2. The molecule has 112 valence electrons. The Morgan fingerprint density at radius 2 is 2.00 bits per heavy atom. The number of hydrogen-bond acceptors (Lipinski definition) is 4. The number of ether oxygens (including phenoxy) is 2. The fraction of sp³-hybridized carbons (Fsp3) is 0.438. The third-order valence-electron chi connectivity index (χ3n) is 4.07. The number of benzene rings is 1. The Morgan fingerprint density at radius 1 is 1.19 bits per heavy atom. The largest absolute Gasteiger partial charge is 0.497 e. The summed E-state index contributed by atoms with van der Waals surface area (Å²) < 4.78 is 12.9. The summed E-state index contributed by atoms with van der Waals surface area (Å²) in [5.74, 6) is 2.13. The molecule has 1 fully saturated rings. The first-order chi connectivity index (χ1) is 10.3. The number of imidazole rings is 1. The zero-order valence-electron chi connectivity index (χ0n) is 12.5. The SMILES string of the molecule is COc1ccc(-n2cncc2C2CCNCC2)c(OC)c1. The lowest BCUT2D eigenvalue weighted by molar-refractivity contribution is 0.392. The predicted molar refractivity (Wildman–Crippen MR) is 81.5 cm³/mol. The van der Waals surface area contributed by atoms with Crippen LogP contribution >= 0.6 is 0 Å². The van der Waals surface area contributed by atoms with E-state index < -0.39 is 0 Å². The summed E-state index contributed by atoms with van der Waals surface area (Å²) in [5, 5.41) is 3.40. The maximum absolute atomic E-state index is 5.51. The van der Waals surface area contributed by atoms with Gasteiger partial charge >= 0.3 is 0 Å². The molecule has 2 aromatic rings. The van der Waals surface area contributed by atoms with Crippen molar-refractivity contribution in [3.8, 4) is 17.2 Å². The lowest BCUT2D eigenvalue weighted by atomic mass is 9.95. The molecular weight excluding hydrogens is 266 g/mol. The van der Waals surface area contributed by atoms with E-state index in [1.54, 1.807) is 14.2 Å². The van der Waals surface area contributed by atoms with Crippen molar-refractivity contribution in [3.05, 3.63) is 36.4 Å². The lowest BCUT2D eigenvalue weighted by Gasteiger charge is -2.24. The van der Waals surface area contributed by atoms with Crippen molar-refractivity contribution >= 4 is 0 Å². The quantitative estimate of drug-likeness (QED) is 0.938. The van der Waals surface area contributed by atoms with E-state index in [2.05, 4.69) is 14.9 Å². The average Bonchev–Trinajstić information content (AvgIpc) is 3.04. The van der Waals surface area contributed by atoms with E-state index in [1.165, 1.54) is 5.69 Å². The number of aromatic nitrogens is 2. The average molecular weight is 287 g/mol. The maximum Gasteiger partial charge on any atom is 0.146 e. The molecule has 1 N–H and O–H groups in total. The summed E-state index contributed by atoms with van der Waals surface area (Å²) in [6.07, 6.45) is 6.12. The predicted octanol–water partition coefficient (Wildman–Crippen LogP) is 2.36. The monoisotopic (exact) mass is 287 g/mol. The smallest absolute Gasteiger partial charge is 0.146 e. The highest BCUT2D eigenvalue weighted by atomic mass is 16.5. The van der Waals surface area contributed by atoms with E-state index in [0.29, 0.717) is 5.92 Å². The van der Waals surface area contributed by atoms with Gasteiger partial charge in [-0.15, -0.1) is 0 Å². The summed E-state index contributed by atoms with van der Waals surface area (Å²) in [6, 6.07) is 5.87. The van der Waals surface area contributed by atoms with E-state index >= 15 is 0 Å². The topological polar surface area (TPSA) is 48.3 Å². The standard InChI is InChI=1S/C16H21N3O2/c1-20-13-3-4-14(16(9-13)21-2)19-11-18-10-15(19)12-5-7-17-8-6-12/h3-4,9-12,17H,5-8H2,1-2H3. The van der Waals surface area contributed by atoms with Gasteiger partial charge in [-0.3, -0.25) is 4.57 Å². The lowest BCUT2D eigenvalue weighted by Crippen LogP contribution is -2.27. The normalized spacial score (nSPS) is 15.9. The minimum atomic E-state index is 0.542. The summed E-state index contributed by atoms with van der Waals surface area (Å²) in [4.78, 5) is 4.35. The zero-order chi connectivity index (χ0) is 14.7. The molecule has 0 atom stereocenters. The van der Waals surface area contributed by atoms with E-state index in [4.69, 9.17) is 9.47 Å². The van der Waals surface area contributed by atoms with Crippen molar-refractivity contribution in [3.63, 3.8) is 0 Å². The first kappa shape index (κ1) is 13.9. The Labute approximate surface area is 124 Å². The van der Waals surface area contributed by atoms with E-state index in [0.717, 1.165) is 43.1 Å². The van der Waals surface area contributed by atoms with Crippen molar-refractivity contribution < 1.29 is 9.47 Å². The summed E-state index contributed by atoms with van der Waals surface area (Å²) in [5.41, 5.74) is 2.25. The zero-order valence-corrected chi connectivity index (χ0v) is 12.5. The van der Waals surface area contributed by atoms with Gasteiger partial charge in [0.1, 0.15) is 11.5 Å². The Balaban J connectivity index is 1.99. The van der Waals surface area contributed by atoms with Crippen LogP contribution in [-0.4, -0.2) is 36.9 Å². The van der Waals surface area contributed by atoms with Gasteiger partial charge in [-0.25, -0.2) is 4.98 Å². The first-order valence-corrected chi connectivity index (χ1v) is 7.29. The van der Waals surface area contributed by atoms with Gasteiger partial charge in [-0.05, 0) is 38.1 Å². The van der Waals surface area contributed by atoms with Crippen molar-refractivity contribution in [2.75, 3.05) is 27.3 Å². The summed E-state index contributed by atoms with van der Waals surface area (Å²) >= 11 is 0. The van der Waals surface area contributed by atoms with Crippen molar-refractivity contribution in [1.29, 1.82) is 0 Å². The second-order valence-electron chi connectivity index (χ2n) is 5.25. The number of methoxy groups -OCH3 is 2. The Bertz CT molecular complexity index is 603. The molecule has 2 heterocycles. The highest BCUT2D eigenvalue weighted by Gasteiger charge is 2.20. The van der Waals surface area contributed by atoms with Crippen molar-refractivity contribution in [2.45, 2.75) is 18.8 Å². The van der Waals surface area contributed by atoms with Crippen LogP contribution < -0.4 is 14.8 Å². The second kappa shape index (κ2) is 6.18. The number of hydrogen-bond donors (Lipinski definition) is 1. The maximum atomic E-state index is 5.51. The van der Waals surface area contributed by atoms with E-state index in [-0.39, 0.29) is 0 Å². The third kappa shape index (κ3) is 2.74. The summed E-state index contributed by atoms with van der Waals surface area (Å²) in [7, 11) is 3.34. The molecule has 1 aliphatic rings. The number of nitrogens with one attached hydrogen (secondary N) is 1. The van der Waals surface area contributed by atoms with E-state index in [9.17, 15) is 0 Å². The molecule has 1 aromatic heterocycles. The van der Waals surface area contributed by atoms with Gasteiger partial charge in [0.25, 0.3) is 0 Å². The van der Waals surface area contributed by atoms with Crippen LogP contribution in [0.3, 0.4) is 0 Å². The Kier molecular flexibility index (Phi) is 4.10. The molecule has 0 radical (unpaired) electrons. The van der Waals surface area contributed by atoms with Crippen LogP contribution in [0.5, 0.6) is 11.5 Å². The molecule has 1 aliphatic heterocycles. The molecule has 5 heteroatoms. The number of piperidine rings is 1. The van der Waals surface area contributed by atoms with Gasteiger partial charge in [0.05, 0.1) is 26.2 Å². The van der Waals surface area contributed by atoms with Gasteiger partial charge in [0.15, 0.2) is 0 Å². The van der Waals surface area contributed by atoms with Crippen LogP contribution in [0, 0.1) is 0 Å². The molecule has 0 saturated carbocycles. The van der Waals surface area contributed by atoms with Crippen LogP contribution in [0.2, 0.25) is 0 Å². The summed E-state index contributed by atoms with van der Waals surface area (Å²) in [6.45, 7) is 2.13. The molecule has 0 unspecified atom stereocenters. The van der Waals surface area contributed by atoms with E-state index in [1.807, 2.05) is 30.7 Å². The van der Waals surface area contributed by atoms with Gasteiger partial charge in [-0.2, -0.15) is 0 Å². The minimum Gasteiger partial charge on any atom is -0.497 e. The highest BCUT2D eigenvalue weighted by Crippen LogP contribution is 2.32. The van der Waals surface area contributed by atoms with Gasteiger partial charge in [0.2, 0.25) is 0 Å². The fourth-order valence-electron chi connectivity index (χ4n) is 2.91. The first-order valence-electron chi connectivity index (χ1n) is 7.29. The number of nitrogens with zero attached hydrogens (tertiary/aromatic N) is 2. The molecule has 0 aliphatic carbocycles. The molecule has 0 spiro atoms. The second-order valence-corrected chi connectivity index (χ2v) is 5.25. The van der Waals surface area contributed by atoms with Crippen LogP contribution in [-0.2, 0) is 0 Å². The minimum absolute atomic E-state index is 0.542.